The molecule has 18 heteroatoms. The molecule has 0 aromatic heterocycles. The molecule has 0 spiro atoms. The smallest absolute Gasteiger partial charge is 0.339 e. The first-order valence-electron chi connectivity index (χ1n) is 26.1. The minimum Gasteiger partial charge on any atom is -0.464 e. The zero-order valence-corrected chi connectivity index (χ0v) is 46.3. The van der Waals surface area contributed by atoms with Crippen LogP contribution in [0.4, 0.5) is 0 Å². The van der Waals surface area contributed by atoms with Crippen molar-refractivity contribution in [1.82, 2.24) is 5.32 Å². The van der Waals surface area contributed by atoms with Crippen molar-refractivity contribution in [3.8, 4) is 12.3 Å². The van der Waals surface area contributed by atoms with Crippen LogP contribution in [-0.4, -0.2) is 113 Å². The number of carbonyl (C=O) groups excluding carboxylic acids is 7. The van der Waals surface area contributed by atoms with Gasteiger partial charge in [0.15, 0.2) is 29.7 Å². The van der Waals surface area contributed by atoms with Crippen LogP contribution in [0.1, 0.15) is 118 Å². The molecule has 3 fully saturated rings. The van der Waals surface area contributed by atoms with Crippen LogP contribution in [0, 0.1) is 29.1 Å². The summed E-state index contributed by atoms with van der Waals surface area (Å²) in [7, 11) is 0. The van der Waals surface area contributed by atoms with E-state index >= 15 is 9.59 Å². The third kappa shape index (κ3) is 11.3. The number of hydrogen-bond donors (Lipinski definition) is 3. The number of amides is 1. The molecule has 79 heavy (non-hydrogen) atoms. The van der Waals surface area contributed by atoms with Gasteiger partial charge in [-0.3, -0.25) is 19.2 Å². The van der Waals surface area contributed by atoms with E-state index in [0.717, 1.165) is 13.8 Å². The van der Waals surface area contributed by atoms with E-state index in [1.807, 2.05) is 0 Å². The van der Waals surface area contributed by atoms with Crippen LogP contribution in [-0.2, 0) is 57.1 Å². The molecule has 1 heterocycles. The van der Waals surface area contributed by atoms with Crippen LogP contribution >= 0.6 is 15.9 Å². The standard InChI is InChI=1S/C61H64BrNO16/c1-8-9-10-20-31-73-56(70)48(39-27-29-42(62)30-28-39)77-50(47(38-21-14-11-15-22-38)63-54(68)40-23-16-12-17-24-40)57(71)76-43-33-61(72)53(78-55(69)41-25-18-13-19-26-41)51-59(7,44(66)32-45-60(51,34-74-45)79-37(4)65)52(67)49(75-36(3)64)46(35(43)2)58(61,5)6/h1,11-19,21-30,43-45,47-51,53,66,72H,9-10,20,31-34H2,2-7H3,(H,63,68)/t43-,44-,45+,47-,48-,49+,50+,51-,53-,59+,60-,61+/m0/s1. The van der Waals surface area contributed by atoms with Gasteiger partial charge in [0.2, 0.25) is 0 Å². The van der Waals surface area contributed by atoms with E-state index in [4.69, 9.17) is 39.6 Å². The second kappa shape index (κ2) is 23.8. The number of Topliss-reactive ketones (excluding diaryl/α,β-unsaturated/α-hetero) is 1. The highest BCUT2D eigenvalue weighted by Gasteiger charge is 2.78. The number of unbranched alkanes of at least 4 members (excludes halogenated alkanes) is 2. The summed E-state index contributed by atoms with van der Waals surface area (Å²) in [6.45, 7) is 7.87. The molecule has 12 atom stereocenters. The summed E-state index contributed by atoms with van der Waals surface area (Å²) >= 11 is 3.44. The second-order valence-electron chi connectivity index (χ2n) is 21.2. The molecule has 1 saturated heterocycles. The number of terminal acetylenes is 1. The van der Waals surface area contributed by atoms with E-state index in [-0.39, 0.29) is 47.5 Å². The van der Waals surface area contributed by atoms with Crippen molar-refractivity contribution in [2.24, 2.45) is 16.7 Å². The maximum absolute atomic E-state index is 15.9. The average molecular weight is 1150 g/mol. The first-order chi connectivity index (χ1) is 37.6. The fraction of sp³-hybridized carbons (Fsp3) is 0.426. The van der Waals surface area contributed by atoms with Gasteiger partial charge in [0.1, 0.15) is 23.9 Å². The van der Waals surface area contributed by atoms with Crippen molar-refractivity contribution in [3.63, 3.8) is 0 Å². The van der Waals surface area contributed by atoms with Crippen molar-refractivity contribution in [2.45, 2.75) is 134 Å². The maximum atomic E-state index is 15.9. The zero-order valence-electron chi connectivity index (χ0n) is 44.7. The molecule has 4 aromatic carbocycles. The van der Waals surface area contributed by atoms with E-state index in [1.54, 1.807) is 117 Å². The molecule has 1 amide bonds. The number of carbonyl (C=O) groups is 7. The maximum Gasteiger partial charge on any atom is 0.339 e. The number of benzene rings is 4. The number of ketones is 1. The summed E-state index contributed by atoms with van der Waals surface area (Å²) in [6.07, 6.45) is -5.67. The van der Waals surface area contributed by atoms with Crippen LogP contribution in [0.3, 0.4) is 0 Å². The van der Waals surface area contributed by atoms with Crippen molar-refractivity contribution < 1.29 is 76.9 Å². The van der Waals surface area contributed by atoms with Crippen LogP contribution < -0.4 is 5.32 Å². The van der Waals surface area contributed by atoms with Gasteiger partial charge in [-0.2, -0.15) is 0 Å². The number of hydrogen-bond acceptors (Lipinski definition) is 16. The Bertz CT molecular complexity index is 3020. The van der Waals surface area contributed by atoms with Crippen molar-refractivity contribution in [2.75, 3.05) is 13.2 Å². The highest BCUT2D eigenvalue weighted by Crippen LogP contribution is 2.64. The molecule has 3 N–H and O–H groups in total. The number of esters is 5. The number of fused-ring (bicyclic) bond motifs is 5. The number of halogens is 1. The van der Waals surface area contributed by atoms with Crippen LogP contribution in [0.25, 0.3) is 0 Å². The number of rotatable bonds is 18. The molecule has 8 rings (SSSR count). The molecule has 3 aliphatic carbocycles. The minimum absolute atomic E-state index is 0.0396. The van der Waals surface area contributed by atoms with Gasteiger partial charge in [-0.05, 0) is 85.4 Å². The number of aliphatic hydroxyl groups is 2. The Balaban J connectivity index is 1.32. The van der Waals surface area contributed by atoms with E-state index in [2.05, 4.69) is 27.2 Å². The van der Waals surface area contributed by atoms with Gasteiger partial charge in [0.25, 0.3) is 5.91 Å². The summed E-state index contributed by atoms with van der Waals surface area (Å²) in [6, 6.07) is 29.5. The molecule has 0 unspecified atom stereocenters. The predicted molar refractivity (Wildman–Crippen MR) is 287 cm³/mol. The van der Waals surface area contributed by atoms with Gasteiger partial charge in [0.05, 0.1) is 42.3 Å². The van der Waals surface area contributed by atoms with Gasteiger partial charge >= 0.3 is 29.8 Å². The first-order valence-corrected chi connectivity index (χ1v) is 26.9. The molecular formula is C61H64BrNO16. The van der Waals surface area contributed by atoms with Gasteiger partial charge in [-0.25, -0.2) is 14.4 Å². The molecule has 2 bridgehead atoms. The van der Waals surface area contributed by atoms with Crippen molar-refractivity contribution >= 4 is 57.5 Å². The minimum atomic E-state index is -2.49. The summed E-state index contributed by atoms with van der Waals surface area (Å²) in [5.74, 6) is -5.37. The van der Waals surface area contributed by atoms with Gasteiger partial charge in [0, 0.05) is 48.6 Å². The summed E-state index contributed by atoms with van der Waals surface area (Å²) < 4.78 is 44.5. The molecule has 1 aliphatic heterocycles. The Morgan fingerprint density at radius 3 is 2.01 bits per heavy atom. The Labute approximate surface area is 466 Å². The lowest BCUT2D eigenvalue weighted by Gasteiger charge is -2.67. The summed E-state index contributed by atoms with van der Waals surface area (Å²) in [4.78, 5) is 102. The SMILES string of the molecule is C#CCCCCOC(=O)[C@@H](O[C@@H](C(=O)O[C@H]1C[C@@]2(O)[C@@H](OC(=O)c3ccccc3)[C@@H]3[C@]4(OC(C)=O)CO[C@@H]4C[C@H](O)[C@@]3(C)C(=O)[C@H](OC(C)=O)C(=C1C)C2(C)C)[C@@H](NC(=O)c1ccccc1)c1ccccc1)c1ccc(Br)cc1. The highest BCUT2D eigenvalue weighted by atomic mass is 79.9. The second-order valence-corrected chi connectivity index (χ2v) is 22.1. The lowest BCUT2D eigenvalue weighted by molar-refractivity contribution is -0.346. The van der Waals surface area contributed by atoms with E-state index in [9.17, 15) is 34.2 Å². The number of aliphatic hydroxyl groups excluding tert-OH is 1. The topological polar surface area (TPSA) is 237 Å². The van der Waals surface area contributed by atoms with Crippen LogP contribution in [0.2, 0.25) is 0 Å². The van der Waals surface area contributed by atoms with E-state index in [0.29, 0.717) is 29.3 Å². The predicted octanol–water partition coefficient (Wildman–Crippen LogP) is 7.61. The molecular weight excluding hydrogens is 1080 g/mol. The molecule has 17 nitrogen and oxygen atoms in total. The Hall–Kier alpha value is -7.01. The fourth-order valence-electron chi connectivity index (χ4n) is 11.9. The third-order valence-corrected chi connectivity index (χ3v) is 16.6. The molecule has 2 saturated carbocycles. The van der Waals surface area contributed by atoms with Gasteiger partial charge in [-0.15, -0.1) is 12.3 Å². The van der Waals surface area contributed by atoms with Crippen LogP contribution in [0.15, 0.2) is 131 Å². The van der Waals surface area contributed by atoms with Gasteiger partial charge < -0.3 is 48.7 Å². The first kappa shape index (κ1) is 58.1. The van der Waals surface area contributed by atoms with Gasteiger partial charge in [-0.1, -0.05) is 109 Å². The largest absolute Gasteiger partial charge is 0.464 e. The third-order valence-electron chi connectivity index (χ3n) is 16.1. The quantitative estimate of drug-likeness (QED) is 0.0286. The van der Waals surface area contributed by atoms with Crippen molar-refractivity contribution in [3.05, 3.63) is 153 Å². The molecule has 4 aliphatic rings. The Kier molecular flexibility index (Phi) is 17.5. The lowest BCUT2D eigenvalue weighted by Crippen LogP contribution is -2.82. The monoisotopic (exact) mass is 1150 g/mol. The normalized spacial score (nSPS) is 27.7. The van der Waals surface area contributed by atoms with Crippen LogP contribution in [0.5, 0.6) is 0 Å². The van der Waals surface area contributed by atoms with E-state index in [1.165, 1.54) is 26.0 Å². The zero-order chi connectivity index (χ0) is 57.0. The lowest BCUT2D eigenvalue weighted by atomic mass is 9.44. The Morgan fingerprint density at radius 1 is 0.810 bits per heavy atom. The summed E-state index contributed by atoms with van der Waals surface area (Å²) in [5, 5.41) is 29.4. The molecule has 4 aromatic rings. The van der Waals surface area contributed by atoms with E-state index < -0.39 is 125 Å². The summed E-state index contributed by atoms with van der Waals surface area (Å²) in [5.41, 5.74) is -7.27. The number of nitrogens with one attached hydrogen (secondary N) is 1. The Morgan fingerprint density at radius 2 is 1.43 bits per heavy atom. The molecule has 0 radical (unpaired) electrons. The average Bonchev–Trinajstić information content (AvgIpc) is 3.59. The molecule has 416 valence electrons. The highest BCUT2D eigenvalue weighted by molar-refractivity contribution is 9.10. The van der Waals surface area contributed by atoms with Crippen molar-refractivity contribution in [1.29, 1.82) is 0 Å². The number of ether oxygens (including phenoxy) is 7. The fourth-order valence-corrected chi connectivity index (χ4v) is 12.2.